The van der Waals surface area contributed by atoms with Crippen LogP contribution in [0.25, 0.3) is 0 Å². The van der Waals surface area contributed by atoms with E-state index in [9.17, 15) is 9.59 Å². The Balaban J connectivity index is 1.52. The smallest absolute Gasteiger partial charge is 0.222 e. The van der Waals surface area contributed by atoms with Crippen LogP contribution in [0.2, 0.25) is 0 Å². The van der Waals surface area contributed by atoms with Crippen LogP contribution in [0.1, 0.15) is 43.4 Å². The second kappa shape index (κ2) is 9.00. The second-order valence-corrected chi connectivity index (χ2v) is 8.69. The van der Waals surface area contributed by atoms with Crippen molar-refractivity contribution in [3.05, 3.63) is 22.4 Å². The molecule has 0 aromatic carbocycles. The van der Waals surface area contributed by atoms with E-state index in [4.69, 9.17) is 4.74 Å². The van der Waals surface area contributed by atoms with Gasteiger partial charge in [0.25, 0.3) is 0 Å². The first kappa shape index (κ1) is 19.4. The van der Waals surface area contributed by atoms with Crippen molar-refractivity contribution in [3.63, 3.8) is 0 Å². The standard InChI is InChI=1S/C20H30N2O3S/c1-25-13-12-22-16-20(10-8-19(22)24)9-4-11-21(15-20)18(23)7-2-5-17-6-3-14-26-17/h3,6,14H,2,4-5,7-13,15-16H2,1H3/t20-/m0/s1. The summed E-state index contributed by atoms with van der Waals surface area (Å²) in [5, 5.41) is 2.09. The zero-order chi connectivity index (χ0) is 18.4. The average Bonchev–Trinajstić information content (AvgIpc) is 3.16. The lowest BCUT2D eigenvalue weighted by Gasteiger charge is -2.48. The lowest BCUT2D eigenvalue weighted by Crippen LogP contribution is -2.55. The number of nitrogens with zero attached hydrogens (tertiary/aromatic N) is 2. The summed E-state index contributed by atoms with van der Waals surface area (Å²) in [7, 11) is 1.67. The summed E-state index contributed by atoms with van der Waals surface area (Å²) in [6.45, 7) is 3.68. The van der Waals surface area contributed by atoms with Gasteiger partial charge in [-0.15, -0.1) is 11.3 Å². The van der Waals surface area contributed by atoms with Gasteiger partial charge in [-0.1, -0.05) is 6.07 Å². The SMILES string of the molecule is COCCN1C[C@@]2(CCCN(C(=O)CCCc3cccs3)C2)CCC1=O. The molecule has 1 spiro atoms. The van der Waals surface area contributed by atoms with Crippen LogP contribution in [0, 0.1) is 5.41 Å². The fourth-order valence-electron chi connectivity index (χ4n) is 4.29. The minimum Gasteiger partial charge on any atom is -0.383 e. The molecule has 1 atom stereocenters. The molecule has 26 heavy (non-hydrogen) atoms. The third-order valence-corrected chi connectivity index (χ3v) is 6.66. The Morgan fingerprint density at radius 1 is 1.35 bits per heavy atom. The molecule has 0 N–H and O–H groups in total. The van der Waals surface area contributed by atoms with Crippen molar-refractivity contribution in [1.29, 1.82) is 0 Å². The van der Waals surface area contributed by atoms with Gasteiger partial charge in [-0.25, -0.2) is 0 Å². The summed E-state index contributed by atoms with van der Waals surface area (Å²) >= 11 is 1.76. The van der Waals surface area contributed by atoms with Gasteiger partial charge in [0.2, 0.25) is 11.8 Å². The Bertz CT molecular complexity index is 604. The molecule has 0 saturated carbocycles. The molecular formula is C20H30N2O3S. The predicted octanol–water partition coefficient (Wildman–Crippen LogP) is 2.95. The summed E-state index contributed by atoms with van der Waals surface area (Å²) < 4.78 is 5.15. The number of aryl methyl sites for hydroxylation is 1. The van der Waals surface area contributed by atoms with E-state index in [-0.39, 0.29) is 17.2 Å². The van der Waals surface area contributed by atoms with Gasteiger partial charge in [-0.2, -0.15) is 0 Å². The number of ether oxygens (including phenoxy) is 1. The molecule has 2 aliphatic rings. The highest BCUT2D eigenvalue weighted by atomic mass is 32.1. The molecule has 2 aliphatic heterocycles. The Morgan fingerprint density at radius 3 is 3.00 bits per heavy atom. The van der Waals surface area contributed by atoms with Gasteiger partial charge in [0.1, 0.15) is 0 Å². The zero-order valence-corrected chi connectivity index (χ0v) is 16.6. The number of piperidine rings is 2. The molecule has 6 heteroatoms. The molecule has 0 bridgehead atoms. The van der Waals surface area contributed by atoms with Crippen molar-refractivity contribution in [1.82, 2.24) is 9.80 Å². The van der Waals surface area contributed by atoms with E-state index in [1.54, 1.807) is 18.4 Å². The number of carbonyl (C=O) groups excluding carboxylic acids is 2. The Hall–Kier alpha value is -1.40. The van der Waals surface area contributed by atoms with Gasteiger partial charge >= 0.3 is 0 Å². The number of rotatable bonds is 7. The van der Waals surface area contributed by atoms with E-state index < -0.39 is 0 Å². The molecule has 0 radical (unpaired) electrons. The number of likely N-dealkylation sites (tertiary alicyclic amines) is 2. The number of thiophene rings is 1. The Kier molecular flexibility index (Phi) is 6.70. The quantitative estimate of drug-likeness (QED) is 0.733. The minimum atomic E-state index is 0.0866. The highest BCUT2D eigenvalue weighted by Gasteiger charge is 2.42. The largest absolute Gasteiger partial charge is 0.383 e. The van der Waals surface area contributed by atoms with Crippen LogP contribution >= 0.6 is 11.3 Å². The van der Waals surface area contributed by atoms with Crippen molar-refractivity contribution in [2.45, 2.75) is 44.9 Å². The molecule has 0 aliphatic carbocycles. The van der Waals surface area contributed by atoms with Crippen LogP contribution in [0.15, 0.2) is 17.5 Å². The molecule has 2 amide bonds. The number of carbonyl (C=O) groups is 2. The van der Waals surface area contributed by atoms with E-state index >= 15 is 0 Å². The summed E-state index contributed by atoms with van der Waals surface area (Å²) in [6, 6.07) is 4.20. The first-order chi connectivity index (χ1) is 12.6. The summed E-state index contributed by atoms with van der Waals surface area (Å²) in [5.74, 6) is 0.507. The molecule has 1 aromatic rings. The highest BCUT2D eigenvalue weighted by Crippen LogP contribution is 2.39. The van der Waals surface area contributed by atoms with Crippen LogP contribution < -0.4 is 0 Å². The predicted molar refractivity (Wildman–Crippen MR) is 103 cm³/mol. The molecular weight excluding hydrogens is 348 g/mol. The zero-order valence-electron chi connectivity index (χ0n) is 15.7. The van der Waals surface area contributed by atoms with Gasteiger partial charge in [-0.05, 0) is 43.6 Å². The normalized spacial score (nSPS) is 23.7. The van der Waals surface area contributed by atoms with Crippen molar-refractivity contribution in [2.75, 3.05) is 39.9 Å². The molecule has 0 unspecified atom stereocenters. The van der Waals surface area contributed by atoms with E-state index in [0.717, 1.165) is 51.7 Å². The summed E-state index contributed by atoms with van der Waals surface area (Å²) in [6.07, 6.45) is 6.20. The lowest BCUT2D eigenvalue weighted by molar-refractivity contribution is -0.143. The maximum atomic E-state index is 12.7. The molecule has 144 valence electrons. The highest BCUT2D eigenvalue weighted by molar-refractivity contribution is 7.09. The number of amides is 2. The van der Waals surface area contributed by atoms with E-state index in [1.165, 1.54) is 4.88 Å². The van der Waals surface area contributed by atoms with Crippen LogP contribution in [0.3, 0.4) is 0 Å². The number of hydrogen-bond acceptors (Lipinski definition) is 4. The van der Waals surface area contributed by atoms with Crippen molar-refractivity contribution in [3.8, 4) is 0 Å². The third-order valence-electron chi connectivity index (χ3n) is 5.72. The van der Waals surface area contributed by atoms with Gasteiger partial charge in [0.15, 0.2) is 0 Å². The molecule has 3 heterocycles. The second-order valence-electron chi connectivity index (χ2n) is 7.66. The molecule has 2 fully saturated rings. The molecule has 3 rings (SSSR count). The van der Waals surface area contributed by atoms with Crippen LogP contribution in [-0.4, -0.2) is 61.5 Å². The van der Waals surface area contributed by atoms with Gasteiger partial charge in [-0.3, -0.25) is 9.59 Å². The monoisotopic (exact) mass is 378 g/mol. The number of methoxy groups -OCH3 is 1. The van der Waals surface area contributed by atoms with Gasteiger partial charge in [0.05, 0.1) is 6.61 Å². The van der Waals surface area contributed by atoms with Crippen LogP contribution in [-0.2, 0) is 20.7 Å². The Labute approximate surface area is 160 Å². The molecule has 5 nitrogen and oxygen atoms in total. The van der Waals surface area contributed by atoms with Crippen LogP contribution in [0.4, 0.5) is 0 Å². The van der Waals surface area contributed by atoms with Gasteiger partial charge in [0, 0.05) is 56.4 Å². The lowest BCUT2D eigenvalue weighted by atomic mass is 9.73. The average molecular weight is 379 g/mol. The van der Waals surface area contributed by atoms with Gasteiger partial charge < -0.3 is 14.5 Å². The van der Waals surface area contributed by atoms with E-state index in [2.05, 4.69) is 22.4 Å². The Morgan fingerprint density at radius 2 is 2.23 bits per heavy atom. The first-order valence-corrected chi connectivity index (χ1v) is 10.6. The van der Waals surface area contributed by atoms with Crippen LogP contribution in [0.5, 0.6) is 0 Å². The summed E-state index contributed by atoms with van der Waals surface area (Å²) in [4.78, 5) is 30.2. The number of hydrogen-bond donors (Lipinski definition) is 0. The topological polar surface area (TPSA) is 49.9 Å². The van der Waals surface area contributed by atoms with Crippen molar-refractivity contribution < 1.29 is 14.3 Å². The van der Waals surface area contributed by atoms with Crippen molar-refractivity contribution >= 4 is 23.2 Å². The maximum Gasteiger partial charge on any atom is 0.222 e. The summed E-state index contributed by atoms with van der Waals surface area (Å²) in [5.41, 5.74) is 0.0866. The fraction of sp³-hybridized carbons (Fsp3) is 0.700. The first-order valence-electron chi connectivity index (χ1n) is 9.69. The fourth-order valence-corrected chi connectivity index (χ4v) is 5.04. The molecule has 1 aromatic heterocycles. The minimum absolute atomic E-state index is 0.0866. The third kappa shape index (κ3) is 4.86. The van der Waals surface area contributed by atoms with Crippen molar-refractivity contribution in [2.24, 2.45) is 5.41 Å². The molecule has 2 saturated heterocycles. The maximum absolute atomic E-state index is 12.7. The van der Waals surface area contributed by atoms with E-state index in [0.29, 0.717) is 26.0 Å². The van der Waals surface area contributed by atoms with E-state index in [1.807, 2.05) is 4.90 Å².